The summed E-state index contributed by atoms with van der Waals surface area (Å²) < 4.78 is 19.2. The average molecular weight is 715 g/mol. The monoisotopic (exact) mass is 714 g/mol. The van der Waals surface area contributed by atoms with Crippen molar-refractivity contribution in [1.82, 2.24) is 0 Å². The van der Waals surface area contributed by atoms with Gasteiger partial charge in [-0.3, -0.25) is 0 Å². The molecule has 4 N–H and O–H groups in total. The highest BCUT2D eigenvalue weighted by Gasteiger charge is 2.38. The molecular formula is C45H62O7. The maximum absolute atomic E-state index is 11.8. The van der Waals surface area contributed by atoms with Crippen LogP contribution in [0.3, 0.4) is 0 Å². The summed E-state index contributed by atoms with van der Waals surface area (Å²) in [6.45, 7) is 9.12. The van der Waals surface area contributed by atoms with Crippen molar-refractivity contribution in [3.63, 3.8) is 0 Å². The quantitative estimate of drug-likeness (QED) is 0.116. The summed E-state index contributed by atoms with van der Waals surface area (Å²) in [5.74, 6) is 3.76. The van der Waals surface area contributed by atoms with E-state index in [2.05, 4.69) is 33.8 Å². The van der Waals surface area contributed by atoms with E-state index in [1.54, 1.807) is 25.3 Å². The molecule has 6 rings (SSSR count). The smallest absolute Gasteiger partial charge is 0.161 e. The second-order valence-electron chi connectivity index (χ2n) is 16.5. The Labute approximate surface area is 311 Å². The Morgan fingerprint density at radius 3 is 2.48 bits per heavy atom. The van der Waals surface area contributed by atoms with Crippen LogP contribution in [0.2, 0.25) is 0 Å². The zero-order valence-electron chi connectivity index (χ0n) is 32.1. The molecule has 0 amide bonds. The van der Waals surface area contributed by atoms with E-state index in [0.29, 0.717) is 29.8 Å². The van der Waals surface area contributed by atoms with Crippen LogP contribution in [0, 0.1) is 17.8 Å². The van der Waals surface area contributed by atoms with E-state index < -0.39 is 12.2 Å². The fourth-order valence-corrected chi connectivity index (χ4v) is 9.11. The summed E-state index contributed by atoms with van der Waals surface area (Å²) in [7, 11) is 1.71. The number of ether oxygens (including phenoxy) is 3. The van der Waals surface area contributed by atoms with Crippen LogP contribution in [0.15, 0.2) is 36.4 Å². The minimum absolute atomic E-state index is 0.0559. The number of aromatic hydroxyl groups is 2. The molecule has 0 aromatic heterocycles. The van der Waals surface area contributed by atoms with Gasteiger partial charge in [0.15, 0.2) is 11.5 Å². The molecule has 1 saturated carbocycles. The average Bonchev–Trinajstić information content (AvgIpc) is 3.12. The molecule has 1 fully saturated rings. The predicted molar refractivity (Wildman–Crippen MR) is 207 cm³/mol. The van der Waals surface area contributed by atoms with Crippen LogP contribution in [0.1, 0.15) is 138 Å². The van der Waals surface area contributed by atoms with E-state index in [0.717, 1.165) is 96.2 Å². The van der Waals surface area contributed by atoms with Crippen LogP contribution in [-0.2, 0) is 19.3 Å². The fourth-order valence-electron chi connectivity index (χ4n) is 9.11. The highest BCUT2D eigenvalue weighted by Crippen LogP contribution is 2.54. The molecule has 1 heterocycles. The first-order valence-corrected chi connectivity index (χ1v) is 20.1. The number of phenols is 2. The molecule has 7 nitrogen and oxygen atoms in total. The van der Waals surface area contributed by atoms with Crippen molar-refractivity contribution in [2.24, 2.45) is 17.8 Å². The number of rotatable bonds is 15. The normalized spacial score (nSPS) is 23.0. The van der Waals surface area contributed by atoms with Crippen molar-refractivity contribution in [2.45, 2.75) is 142 Å². The highest BCUT2D eigenvalue weighted by molar-refractivity contribution is 5.83. The summed E-state index contributed by atoms with van der Waals surface area (Å²) in [6.07, 6.45) is 12.5. The predicted octanol–water partition coefficient (Wildman–Crippen LogP) is 9.97. The van der Waals surface area contributed by atoms with Gasteiger partial charge in [0.25, 0.3) is 0 Å². The van der Waals surface area contributed by atoms with Gasteiger partial charge in [-0.15, -0.1) is 0 Å². The van der Waals surface area contributed by atoms with E-state index in [-0.39, 0.29) is 30.3 Å². The summed E-state index contributed by atoms with van der Waals surface area (Å²) in [6, 6.07) is 11.4. The number of methoxy groups -OCH3 is 1. The lowest BCUT2D eigenvalue weighted by molar-refractivity contribution is 0.0198. The lowest BCUT2D eigenvalue weighted by Gasteiger charge is -2.38. The highest BCUT2D eigenvalue weighted by atomic mass is 16.5. The number of aliphatic hydroxyl groups excluding tert-OH is 2. The number of benzene rings is 3. The molecule has 0 saturated heterocycles. The Hall–Kier alpha value is -3.42. The molecule has 0 radical (unpaired) electrons. The molecule has 1 aliphatic heterocycles. The van der Waals surface area contributed by atoms with Gasteiger partial charge in [0.1, 0.15) is 23.4 Å². The molecule has 0 bridgehead atoms. The summed E-state index contributed by atoms with van der Waals surface area (Å²) >= 11 is 0. The standard InChI is InChI=1S/C45H62O7/c1-6-7-8-11-28(4)12-9-14-30-20-32-22-38(48)33(18-27(2)3)21-35(32)44-42(50-5)25-40-36(43(30)44)24-39(49)45(52-40)31-16-17-37(47)41(23-31)51-34-15-10-13-29(19-34)26-46/h16-17,21-23,25,27-30,34,39,45-49H,6-15,18-20,24,26H2,1-5H3/t28-,29-,30+,34+,39+,45-/m0/s1. The van der Waals surface area contributed by atoms with Gasteiger partial charge >= 0.3 is 0 Å². The molecule has 3 aromatic carbocycles. The molecule has 52 heavy (non-hydrogen) atoms. The molecule has 3 aromatic rings. The number of hydrogen-bond acceptors (Lipinski definition) is 7. The topological polar surface area (TPSA) is 109 Å². The van der Waals surface area contributed by atoms with Gasteiger partial charge in [-0.2, -0.15) is 0 Å². The second-order valence-corrected chi connectivity index (χ2v) is 16.5. The zero-order chi connectivity index (χ0) is 36.9. The van der Waals surface area contributed by atoms with Crippen LogP contribution >= 0.6 is 0 Å². The number of phenolic OH excluding ortho intramolecular Hbond substituents is 2. The Balaban J connectivity index is 1.34. The molecule has 7 heteroatoms. The molecule has 3 aliphatic rings. The first kappa shape index (κ1) is 38.3. The van der Waals surface area contributed by atoms with Crippen LogP contribution in [0.4, 0.5) is 0 Å². The first-order chi connectivity index (χ1) is 25.1. The number of unbranched alkanes of at least 4 members (excludes halogenated alkanes) is 2. The SMILES string of the molecule is CCCCC[C@H](C)CCC[C@@H]1Cc2cc(O)c(CC(C)C)cc2-c2c(OC)cc3c(c21)C[C@@H](O)[C@H](c1ccc(O)c(O[C@@H]2CCC[C@H](CO)C2)c1)O3. The van der Waals surface area contributed by atoms with E-state index in [1.807, 2.05) is 12.1 Å². The van der Waals surface area contributed by atoms with E-state index >= 15 is 0 Å². The van der Waals surface area contributed by atoms with Crippen molar-refractivity contribution >= 4 is 0 Å². The van der Waals surface area contributed by atoms with Gasteiger partial charge in [0.2, 0.25) is 0 Å². The van der Waals surface area contributed by atoms with Crippen LogP contribution in [-0.4, -0.2) is 46.4 Å². The summed E-state index contributed by atoms with van der Waals surface area (Å²) in [5, 5.41) is 43.4. The van der Waals surface area contributed by atoms with Crippen molar-refractivity contribution in [1.29, 1.82) is 0 Å². The summed E-state index contributed by atoms with van der Waals surface area (Å²) in [4.78, 5) is 0. The number of fused-ring (bicyclic) bond motifs is 5. The Morgan fingerprint density at radius 2 is 1.73 bits per heavy atom. The van der Waals surface area contributed by atoms with Crippen LogP contribution < -0.4 is 14.2 Å². The second kappa shape index (κ2) is 17.2. The Bertz CT molecular complexity index is 1660. The zero-order valence-corrected chi connectivity index (χ0v) is 32.1. The Morgan fingerprint density at radius 1 is 0.923 bits per heavy atom. The molecule has 0 spiro atoms. The minimum Gasteiger partial charge on any atom is -0.508 e. The lowest BCUT2D eigenvalue weighted by Crippen LogP contribution is -2.32. The molecular weight excluding hydrogens is 652 g/mol. The van der Waals surface area contributed by atoms with Crippen molar-refractivity contribution in [3.8, 4) is 39.9 Å². The molecule has 284 valence electrons. The van der Waals surface area contributed by atoms with E-state index in [9.17, 15) is 20.4 Å². The van der Waals surface area contributed by atoms with E-state index in [1.165, 1.54) is 37.7 Å². The van der Waals surface area contributed by atoms with Gasteiger partial charge in [-0.1, -0.05) is 72.3 Å². The van der Waals surface area contributed by atoms with Gasteiger partial charge in [0.05, 0.1) is 19.3 Å². The fraction of sp³-hybridized carbons (Fsp3) is 0.600. The van der Waals surface area contributed by atoms with Gasteiger partial charge in [-0.25, -0.2) is 0 Å². The third-order valence-corrected chi connectivity index (χ3v) is 11.9. The third-order valence-electron chi connectivity index (χ3n) is 11.9. The molecule has 6 atom stereocenters. The number of hydrogen-bond donors (Lipinski definition) is 4. The van der Waals surface area contributed by atoms with Gasteiger partial charge in [-0.05, 0) is 121 Å². The minimum atomic E-state index is -0.812. The third kappa shape index (κ3) is 8.52. The van der Waals surface area contributed by atoms with E-state index in [4.69, 9.17) is 14.2 Å². The van der Waals surface area contributed by atoms with Crippen molar-refractivity contribution in [3.05, 3.63) is 64.2 Å². The maximum Gasteiger partial charge on any atom is 0.161 e. The maximum atomic E-state index is 11.8. The van der Waals surface area contributed by atoms with Crippen LogP contribution in [0.5, 0.6) is 28.7 Å². The molecule has 2 aliphatic carbocycles. The van der Waals surface area contributed by atoms with Gasteiger partial charge < -0.3 is 34.6 Å². The lowest BCUT2D eigenvalue weighted by atomic mass is 9.72. The largest absolute Gasteiger partial charge is 0.508 e. The summed E-state index contributed by atoms with van der Waals surface area (Å²) in [5.41, 5.74) is 7.26. The van der Waals surface area contributed by atoms with Crippen molar-refractivity contribution in [2.75, 3.05) is 13.7 Å². The van der Waals surface area contributed by atoms with Gasteiger partial charge in [0, 0.05) is 30.2 Å². The molecule has 0 unspecified atom stereocenters. The number of aliphatic hydroxyl groups is 2. The van der Waals surface area contributed by atoms with Crippen LogP contribution in [0.25, 0.3) is 11.1 Å². The first-order valence-electron chi connectivity index (χ1n) is 20.1. The Kier molecular flexibility index (Phi) is 12.6. The van der Waals surface area contributed by atoms with Crippen molar-refractivity contribution < 1.29 is 34.6 Å².